The van der Waals surface area contributed by atoms with Crippen LogP contribution < -0.4 is 15.4 Å². The molecule has 1 heterocycles. The molecule has 1 aromatic carbocycles. The average molecular weight is 377 g/mol. The number of guanidine groups is 1. The van der Waals surface area contributed by atoms with Crippen LogP contribution in [0.2, 0.25) is 0 Å². The van der Waals surface area contributed by atoms with Gasteiger partial charge in [-0.25, -0.2) is 0 Å². The first kappa shape index (κ1) is 20.1. The fraction of sp³-hybridized carbons (Fsp3) is 0.500. The van der Waals surface area contributed by atoms with Gasteiger partial charge in [0.05, 0.1) is 13.1 Å². The van der Waals surface area contributed by atoms with E-state index in [9.17, 15) is 0 Å². The molecule has 8 heteroatoms. The Labute approximate surface area is 159 Å². The number of nitrogens with one attached hydrogen (secondary N) is 2. The number of aryl methyl sites for hydroxylation is 1. The monoisotopic (exact) mass is 376 g/mol. The maximum absolute atomic E-state index is 5.71. The van der Waals surface area contributed by atoms with Crippen molar-refractivity contribution in [2.24, 2.45) is 4.99 Å². The molecule has 0 bridgehead atoms. The van der Waals surface area contributed by atoms with Crippen LogP contribution in [0.15, 0.2) is 41.7 Å². The van der Waals surface area contributed by atoms with E-state index in [-0.39, 0.29) is 0 Å². The molecule has 0 radical (unpaired) electrons. The first-order valence-corrected chi connectivity index (χ1v) is 10.3. The molecule has 0 atom stereocenters. The minimum absolute atomic E-state index is 0.582. The number of aromatic nitrogens is 3. The van der Waals surface area contributed by atoms with Crippen molar-refractivity contribution < 1.29 is 4.74 Å². The lowest BCUT2D eigenvalue weighted by molar-refractivity contribution is 0.322. The predicted molar refractivity (Wildman–Crippen MR) is 108 cm³/mol. The Hall–Kier alpha value is -2.22. The van der Waals surface area contributed by atoms with Crippen LogP contribution in [0.5, 0.6) is 5.75 Å². The molecule has 7 nitrogen and oxygen atoms in total. The fourth-order valence-corrected chi connectivity index (χ4v) is 2.59. The van der Waals surface area contributed by atoms with Crippen LogP contribution in [-0.4, -0.2) is 59.0 Å². The van der Waals surface area contributed by atoms with Gasteiger partial charge in [0.25, 0.3) is 0 Å². The van der Waals surface area contributed by atoms with Crippen LogP contribution in [0.25, 0.3) is 0 Å². The van der Waals surface area contributed by atoms with Gasteiger partial charge in [0.1, 0.15) is 24.5 Å². The van der Waals surface area contributed by atoms with E-state index in [2.05, 4.69) is 43.6 Å². The van der Waals surface area contributed by atoms with Crippen molar-refractivity contribution in [3.8, 4) is 5.75 Å². The molecule has 0 saturated carbocycles. The number of rotatable bonds is 11. The van der Waals surface area contributed by atoms with Gasteiger partial charge in [0, 0.05) is 25.3 Å². The smallest absolute Gasteiger partial charge is 0.191 e. The second-order valence-corrected chi connectivity index (χ2v) is 6.52. The second-order valence-electron chi connectivity index (χ2n) is 5.53. The minimum Gasteiger partial charge on any atom is -0.492 e. The molecule has 0 saturated heterocycles. The summed E-state index contributed by atoms with van der Waals surface area (Å²) in [5.41, 5.74) is 0. The largest absolute Gasteiger partial charge is 0.492 e. The summed E-state index contributed by atoms with van der Waals surface area (Å²) < 4.78 is 7.77. The molecule has 142 valence electrons. The average Bonchev–Trinajstić information content (AvgIpc) is 3.13. The van der Waals surface area contributed by atoms with E-state index in [1.807, 2.05) is 30.3 Å². The highest BCUT2D eigenvalue weighted by Crippen LogP contribution is 2.07. The topological polar surface area (TPSA) is 76.4 Å². The quantitative estimate of drug-likeness (QED) is 0.354. The Morgan fingerprint density at radius 2 is 2.04 bits per heavy atom. The van der Waals surface area contributed by atoms with Crippen LogP contribution in [0.4, 0.5) is 0 Å². The molecule has 2 rings (SSSR count). The van der Waals surface area contributed by atoms with E-state index in [1.165, 1.54) is 0 Å². The molecular weight excluding hydrogens is 348 g/mol. The van der Waals surface area contributed by atoms with Crippen LogP contribution >= 0.6 is 11.8 Å². The van der Waals surface area contributed by atoms with Gasteiger partial charge in [0.15, 0.2) is 5.96 Å². The Morgan fingerprint density at radius 3 is 2.81 bits per heavy atom. The molecule has 0 aliphatic rings. The number of para-hydroxylation sites is 1. The number of hydrogen-bond donors (Lipinski definition) is 2. The summed E-state index contributed by atoms with van der Waals surface area (Å²) in [6.07, 6.45) is 4.73. The lowest BCUT2D eigenvalue weighted by atomic mass is 10.3. The van der Waals surface area contributed by atoms with Gasteiger partial charge < -0.3 is 19.9 Å². The van der Waals surface area contributed by atoms with Crippen molar-refractivity contribution >= 4 is 17.7 Å². The van der Waals surface area contributed by atoms with E-state index in [1.54, 1.807) is 18.1 Å². The molecule has 1 aromatic heterocycles. The third kappa shape index (κ3) is 7.35. The zero-order chi connectivity index (χ0) is 18.5. The first-order chi connectivity index (χ1) is 12.8. The van der Waals surface area contributed by atoms with Gasteiger partial charge >= 0.3 is 0 Å². The lowest BCUT2D eigenvalue weighted by Gasteiger charge is -2.14. The van der Waals surface area contributed by atoms with Gasteiger partial charge in [-0.15, -0.1) is 10.2 Å². The Bertz CT molecular complexity index is 646. The van der Waals surface area contributed by atoms with Crippen molar-refractivity contribution in [2.45, 2.75) is 19.9 Å². The first-order valence-electron chi connectivity index (χ1n) is 8.89. The Balaban J connectivity index is 1.74. The third-order valence-corrected chi connectivity index (χ3v) is 4.22. The van der Waals surface area contributed by atoms with Gasteiger partial charge in [-0.2, -0.15) is 11.8 Å². The lowest BCUT2D eigenvalue weighted by Crippen LogP contribution is -2.41. The molecular formula is C18H28N6OS. The molecule has 0 amide bonds. The van der Waals surface area contributed by atoms with Gasteiger partial charge in [-0.05, 0) is 18.4 Å². The van der Waals surface area contributed by atoms with Gasteiger partial charge in [-0.3, -0.25) is 4.99 Å². The van der Waals surface area contributed by atoms with Crippen LogP contribution in [0.1, 0.15) is 12.7 Å². The number of benzene rings is 1. The summed E-state index contributed by atoms with van der Waals surface area (Å²) in [5.74, 6) is 3.68. The second kappa shape index (κ2) is 12.2. The van der Waals surface area contributed by atoms with E-state index in [0.717, 1.165) is 49.3 Å². The van der Waals surface area contributed by atoms with Crippen molar-refractivity contribution in [1.82, 2.24) is 25.4 Å². The van der Waals surface area contributed by atoms with E-state index in [4.69, 9.17) is 4.74 Å². The van der Waals surface area contributed by atoms with Crippen LogP contribution in [0.3, 0.4) is 0 Å². The normalized spacial score (nSPS) is 11.4. The fourth-order valence-electron chi connectivity index (χ4n) is 2.31. The third-order valence-electron chi connectivity index (χ3n) is 3.63. The number of thioether (sulfide) groups is 1. The molecule has 0 spiro atoms. The van der Waals surface area contributed by atoms with Crippen molar-refractivity contribution in [3.05, 3.63) is 42.5 Å². The highest BCUT2D eigenvalue weighted by atomic mass is 32.2. The number of nitrogens with zero attached hydrogens (tertiary/aromatic N) is 4. The van der Waals surface area contributed by atoms with Crippen molar-refractivity contribution in [3.63, 3.8) is 0 Å². The standard InChI is InChI=1S/C18H28N6OS/c1-3-17-23-22-15-24(17)12-9-19-18(21-11-14-26-2)20-10-13-25-16-7-5-4-6-8-16/h4-8,15H,3,9-14H2,1-2H3,(H2,19,20,21). The highest BCUT2D eigenvalue weighted by Gasteiger charge is 2.03. The summed E-state index contributed by atoms with van der Waals surface area (Å²) in [5, 5.41) is 14.7. The molecule has 2 N–H and O–H groups in total. The Kier molecular flexibility index (Phi) is 9.42. The summed E-state index contributed by atoms with van der Waals surface area (Å²) in [4.78, 5) is 4.60. The number of aliphatic imine (C=N–C) groups is 1. The van der Waals surface area contributed by atoms with E-state index >= 15 is 0 Å². The maximum atomic E-state index is 5.71. The van der Waals surface area contributed by atoms with Gasteiger partial charge in [0.2, 0.25) is 0 Å². The summed E-state index contributed by atoms with van der Waals surface area (Å²) in [6, 6.07) is 9.82. The maximum Gasteiger partial charge on any atom is 0.191 e. The summed E-state index contributed by atoms with van der Waals surface area (Å²) >= 11 is 1.79. The van der Waals surface area contributed by atoms with Gasteiger partial charge in [-0.1, -0.05) is 25.1 Å². The molecule has 0 aliphatic carbocycles. The minimum atomic E-state index is 0.582. The molecule has 0 fully saturated rings. The molecule has 0 unspecified atom stereocenters. The summed E-state index contributed by atoms with van der Waals surface area (Å²) in [7, 11) is 0. The summed E-state index contributed by atoms with van der Waals surface area (Å²) in [6.45, 7) is 5.70. The zero-order valence-electron chi connectivity index (χ0n) is 15.5. The Morgan fingerprint density at radius 1 is 1.23 bits per heavy atom. The van der Waals surface area contributed by atoms with Crippen LogP contribution in [-0.2, 0) is 13.0 Å². The van der Waals surface area contributed by atoms with E-state index < -0.39 is 0 Å². The van der Waals surface area contributed by atoms with Crippen molar-refractivity contribution in [2.75, 3.05) is 38.2 Å². The van der Waals surface area contributed by atoms with Crippen molar-refractivity contribution in [1.29, 1.82) is 0 Å². The zero-order valence-corrected chi connectivity index (χ0v) is 16.3. The molecule has 26 heavy (non-hydrogen) atoms. The highest BCUT2D eigenvalue weighted by molar-refractivity contribution is 7.98. The van der Waals surface area contributed by atoms with E-state index in [0.29, 0.717) is 13.2 Å². The SMILES string of the molecule is CCc1nncn1CCNC(=NCCSC)NCCOc1ccccc1. The predicted octanol–water partition coefficient (Wildman–Crippen LogP) is 1.82. The molecule has 2 aromatic rings. The van der Waals surface area contributed by atoms with Crippen LogP contribution in [0, 0.1) is 0 Å². The number of ether oxygens (including phenoxy) is 1. The number of hydrogen-bond acceptors (Lipinski definition) is 5. The molecule has 0 aliphatic heterocycles.